The first kappa shape index (κ1) is 25.8. The van der Waals surface area contributed by atoms with Gasteiger partial charge in [0.05, 0.1) is 0 Å². The highest BCUT2D eigenvalue weighted by Crippen LogP contribution is 2.26. The van der Waals surface area contributed by atoms with Crippen LogP contribution >= 0.6 is 0 Å². The van der Waals surface area contributed by atoms with Gasteiger partial charge in [0.1, 0.15) is 6.33 Å². The van der Waals surface area contributed by atoms with Crippen LogP contribution in [0.25, 0.3) is 5.82 Å². The van der Waals surface area contributed by atoms with Crippen molar-refractivity contribution in [3.05, 3.63) is 78.0 Å². The molecule has 9 heteroatoms. The summed E-state index contributed by atoms with van der Waals surface area (Å²) in [4.78, 5) is 26.3. The molecule has 1 amide bonds. The normalized spacial score (nSPS) is 14.0. The molecular formula is C28H34N8O. The highest BCUT2D eigenvalue weighted by atomic mass is 16.1. The van der Waals surface area contributed by atoms with E-state index in [4.69, 9.17) is 0 Å². The van der Waals surface area contributed by atoms with Crippen LogP contribution in [0.1, 0.15) is 62.2 Å². The lowest BCUT2D eigenvalue weighted by atomic mass is 9.91. The molecule has 1 aliphatic rings. The van der Waals surface area contributed by atoms with Crippen LogP contribution in [0.4, 0.5) is 17.3 Å². The van der Waals surface area contributed by atoms with Crippen LogP contribution in [0.3, 0.4) is 0 Å². The Morgan fingerprint density at radius 1 is 1.19 bits per heavy atom. The number of aromatic nitrogens is 4. The Balaban J connectivity index is 1.55. The van der Waals surface area contributed by atoms with Crippen molar-refractivity contribution in [3.8, 4) is 0 Å². The van der Waals surface area contributed by atoms with Crippen molar-refractivity contribution in [3.63, 3.8) is 0 Å². The van der Waals surface area contributed by atoms with Crippen molar-refractivity contribution in [2.45, 2.75) is 58.9 Å². The molecular weight excluding hydrogens is 464 g/mol. The van der Waals surface area contributed by atoms with Crippen LogP contribution in [0.5, 0.6) is 0 Å². The summed E-state index contributed by atoms with van der Waals surface area (Å²) >= 11 is 0. The molecule has 0 unspecified atom stereocenters. The maximum Gasteiger partial charge on any atom is 0.255 e. The molecule has 3 aromatic rings. The van der Waals surface area contributed by atoms with Gasteiger partial charge in [-0.2, -0.15) is 14.8 Å². The number of aliphatic imine (C=N–C) groups is 1. The van der Waals surface area contributed by atoms with Crippen molar-refractivity contribution < 1.29 is 4.79 Å². The SMILES string of the molecule is C=C(/C=C(\N=C/C)n1ncnc1Nc1cc(C(=O)Nc2ccnc(C(C)(C)C)c2)ccc1C)NC1CC1. The second kappa shape index (κ2) is 10.8. The first-order valence-electron chi connectivity index (χ1n) is 12.4. The standard InChI is InChI=1S/C28H34N8O/c1-7-29-25(14-19(3)33-21-10-11-21)36-27(31-17-32-36)35-23-15-20(9-8-18(23)2)26(37)34-22-12-13-30-24(16-22)28(4,5)6/h7-9,12-17,21,33H,3,10-11H2,1-2,4-6H3,(H,30,34,37)(H,31,32,35)/b25-14+,29-7-. The van der Waals surface area contributed by atoms with Gasteiger partial charge in [0.25, 0.3) is 5.91 Å². The van der Waals surface area contributed by atoms with Crippen molar-refractivity contribution in [2.24, 2.45) is 4.99 Å². The van der Waals surface area contributed by atoms with Gasteiger partial charge in [-0.3, -0.25) is 9.78 Å². The topological polar surface area (TPSA) is 109 Å². The van der Waals surface area contributed by atoms with Crippen molar-refractivity contribution in [1.82, 2.24) is 25.1 Å². The van der Waals surface area contributed by atoms with E-state index in [9.17, 15) is 4.79 Å². The number of nitrogens with one attached hydrogen (secondary N) is 3. The molecule has 192 valence electrons. The van der Waals surface area contributed by atoms with Gasteiger partial charge >= 0.3 is 0 Å². The number of hydrogen-bond acceptors (Lipinski definition) is 7. The molecule has 1 fully saturated rings. The second-order valence-corrected chi connectivity index (χ2v) is 10.1. The molecule has 3 N–H and O–H groups in total. The molecule has 0 bridgehead atoms. The zero-order valence-electron chi connectivity index (χ0n) is 22.0. The lowest BCUT2D eigenvalue weighted by Gasteiger charge is -2.18. The van der Waals surface area contributed by atoms with E-state index >= 15 is 0 Å². The average molecular weight is 499 g/mol. The second-order valence-electron chi connectivity index (χ2n) is 10.1. The zero-order valence-corrected chi connectivity index (χ0v) is 22.0. The maximum absolute atomic E-state index is 13.1. The van der Waals surface area contributed by atoms with Gasteiger partial charge in [-0.25, -0.2) is 4.99 Å². The Morgan fingerprint density at radius 3 is 2.68 bits per heavy atom. The molecule has 0 radical (unpaired) electrons. The number of rotatable bonds is 9. The Bertz CT molecular complexity index is 1360. The molecule has 0 saturated heterocycles. The number of amides is 1. The Hall–Kier alpha value is -4.27. The smallest absolute Gasteiger partial charge is 0.255 e. The van der Waals surface area contributed by atoms with Crippen LogP contribution < -0.4 is 16.0 Å². The van der Waals surface area contributed by atoms with Gasteiger partial charge in [0.15, 0.2) is 5.82 Å². The zero-order chi connectivity index (χ0) is 26.6. The van der Waals surface area contributed by atoms with E-state index in [0.717, 1.165) is 35.5 Å². The predicted octanol–water partition coefficient (Wildman–Crippen LogP) is 5.43. The summed E-state index contributed by atoms with van der Waals surface area (Å²) in [7, 11) is 0. The number of carbonyl (C=O) groups is 1. The van der Waals surface area contributed by atoms with Gasteiger partial charge in [-0.15, -0.1) is 0 Å². The maximum atomic E-state index is 13.1. The highest BCUT2D eigenvalue weighted by Gasteiger charge is 2.21. The van der Waals surface area contributed by atoms with Crippen LogP contribution in [-0.4, -0.2) is 37.9 Å². The molecule has 1 aromatic carbocycles. The number of carbonyl (C=O) groups excluding carboxylic acids is 1. The molecule has 9 nitrogen and oxygen atoms in total. The van der Waals surface area contributed by atoms with Crippen molar-refractivity contribution in [2.75, 3.05) is 10.6 Å². The number of hydrogen-bond donors (Lipinski definition) is 3. The fourth-order valence-corrected chi connectivity index (χ4v) is 3.61. The van der Waals surface area contributed by atoms with Crippen molar-refractivity contribution >= 4 is 35.3 Å². The van der Waals surface area contributed by atoms with Gasteiger partial charge in [0.2, 0.25) is 5.95 Å². The van der Waals surface area contributed by atoms with Crippen molar-refractivity contribution in [1.29, 1.82) is 0 Å². The minimum atomic E-state index is -0.214. The van der Waals surface area contributed by atoms with Crippen LogP contribution in [0, 0.1) is 6.92 Å². The van der Waals surface area contributed by atoms with Gasteiger partial charge in [0, 0.05) is 58.3 Å². The Labute approximate surface area is 217 Å². The minimum absolute atomic E-state index is 0.118. The van der Waals surface area contributed by atoms with Crippen LogP contribution in [-0.2, 0) is 5.41 Å². The number of anilines is 3. The first-order chi connectivity index (χ1) is 17.6. The molecule has 0 spiro atoms. The fraction of sp³-hybridized carbons (Fsp3) is 0.321. The van der Waals surface area contributed by atoms with E-state index in [1.807, 2.05) is 32.1 Å². The molecule has 4 rings (SSSR count). The third-order valence-corrected chi connectivity index (χ3v) is 5.83. The van der Waals surface area contributed by atoms with E-state index in [2.05, 4.69) is 63.4 Å². The summed E-state index contributed by atoms with van der Waals surface area (Å²) in [5, 5.41) is 14.0. The largest absolute Gasteiger partial charge is 0.383 e. The number of nitrogens with zero attached hydrogens (tertiary/aromatic N) is 5. The van der Waals surface area contributed by atoms with Crippen LogP contribution in [0.2, 0.25) is 0 Å². The third-order valence-electron chi connectivity index (χ3n) is 5.83. The summed E-state index contributed by atoms with van der Waals surface area (Å²) in [6, 6.07) is 9.67. The lowest BCUT2D eigenvalue weighted by molar-refractivity contribution is 0.102. The predicted molar refractivity (Wildman–Crippen MR) is 149 cm³/mol. The number of aryl methyl sites for hydroxylation is 1. The summed E-state index contributed by atoms with van der Waals surface area (Å²) < 4.78 is 1.61. The van der Waals surface area contributed by atoms with Gasteiger partial charge < -0.3 is 16.0 Å². The molecule has 2 heterocycles. The van der Waals surface area contributed by atoms with E-state index < -0.39 is 0 Å². The minimum Gasteiger partial charge on any atom is -0.383 e. The monoisotopic (exact) mass is 498 g/mol. The Morgan fingerprint density at radius 2 is 1.97 bits per heavy atom. The quantitative estimate of drug-likeness (QED) is 0.268. The van der Waals surface area contributed by atoms with E-state index in [0.29, 0.717) is 29.1 Å². The fourth-order valence-electron chi connectivity index (χ4n) is 3.61. The molecule has 0 atom stereocenters. The molecule has 0 aliphatic heterocycles. The molecule has 37 heavy (non-hydrogen) atoms. The lowest BCUT2D eigenvalue weighted by Crippen LogP contribution is -2.16. The number of pyridine rings is 1. The third kappa shape index (κ3) is 6.69. The van der Waals surface area contributed by atoms with E-state index in [1.165, 1.54) is 6.33 Å². The van der Waals surface area contributed by atoms with Gasteiger partial charge in [-0.1, -0.05) is 33.4 Å². The molecule has 1 aliphatic carbocycles. The van der Waals surface area contributed by atoms with Gasteiger partial charge in [-0.05, 0) is 56.5 Å². The summed E-state index contributed by atoms with van der Waals surface area (Å²) in [6.45, 7) is 14.2. The first-order valence-corrected chi connectivity index (χ1v) is 12.4. The van der Waals surface area contributed by atoms with E-state index in [-0.39, 0.29) is 11.3 Å². The summed E-state index contributed by atoms with van der Waals surface area (Å²) in [6.07, 6.45) is 9.01. The average Bonchev–Trinajstić information content (AvgIpc) is 3.53. The summed E-state index contributed by atoms with van der Waals surface area (Å²) in [5.41, 5.74) is 4.46. The Kier molecular flexibility index (Phi) is 7.52. The summed E-state index contributed by atoms with van der Waals surface area (Å²) in [5.74, 6) is 0.828. The molecule has 2 aromatic heterocycles. The van der Waals surface area contributed by atoms with Crippen LogP contribution in [0.15, 0.2) is 66.2 Å². The highest BCUT2D eigenvalue weighted by molar-refractivity contribution is 6.05. The number of benzene rings is 1. The van der Waals surface area contributed by atoms with E-state index in [1.54, 1.807) is 35.3 Å². The number of allylic oxidation sites excluding steroid dienone is 1. The molecule has 1 saturated carbocycles.